The van der Waals surface area contributed by atoms with Gasteiger partial charge < -0.3 is 34.0 Å². The second-order valence-corrected chi connectivity index (χ2v) is 12.6. The highest BCUT2D eigenvalue weighted by atomic mass is 16.5. The van der Waals surface area contributed by atoms with Crippen LogP contribution in [0.1, 0.15) is 39.5 Å². The second-order valence-electron chi connectivity index (χ2n) is 12.6. The molecule has 1 spiro atoms. The van der Waals surface area contributed by atoms with E-state index < -0.39 is 29.1 Å². The summed E-state index contributed by atoms with van der Waals surface area (Å²) in [6.45, 7) is 17.0. The molecule has 4 fully saturated rings. The van der Waals surface area contributed by atoms with E-state index in [2.05, 4.69) is 18.1 Å². The van der Waals surface area contributed by atoms with Gasteiger partial charge in [-0.05, 0) is 56.9 Å². The molecular formula is C35H50N4O7. The molecule has 1 N–H and O–H groups in total. The molecule has 3 amide bonds. The van der Waals surface area contributed by atoms with Crippen LogP contribution < -0.4 is 9.64 Å². The first-order valence-electron chi connectivity index (χ1n) is 16.8. The SMILES string of the molecule is C=CCN(CCN1CCOCC1)C(=O)C1N(CCCO)C(=O)[C@@H]2[C@@H](C(=O)N(CC=C)c3ccc(OCC)cc3)[C@@]3(CC)CCC12O3. The standard InChI is InChI=1S/C35H50N4O7/c1-5-16-37(20-19-36-21-24-44-25-22-36)33(43)30-35-15-14-34(7-3,46-35)28(29(35)32(42)39(30)18-9-23-40)31(41)38(17-6-2)26-10-12-27(13-11-26)45-8-4/h5-6,10-13,28-30,40H,1-2,7-9,14-25H2,3-4H3/t28-,29-,30?,34+,35?/m0/s1. The minimum absolute atomic E-state index is 0.122. The number of benzene rings is 1. The largest absolute Gasteiger partial charge is 0.494 e. The van der Waals surface area contributed by atoms with Crippen molar-refractivity contribution < 1.29 is 33.7 Å². The van der Waals surface area contributed by atoms with Crippen LogP contribution in [0.25, 0.3) is 0 Å². The minimum Gasteiger partial charge on any atom is -0.494 e. The van der Waals surface area contributed by atoms with Gasteiger partial charge in [0.1, 0.15) is 17.4 Å². The molecular weight excluding hydrogens is 588 g/mol. The van der Waals surface area contributed by atoms with Crippen molar-refractivity contribution in [1.29, 1.82) is 0 Å². The molecule has 4 saturated heterocycles. The number of rotatable bonds is 16. The maximum atomic E-state index is 14.7. The number of carbonyl (C=O) groups excluding carboxylic acids is 3. The van der Waals surface area contributed by atoms with E-state index in [9.17, 15) is 19.5 Å². The number of amides is 3. The predicted octanol–water partition coefficient (Wildman–Crippen LogP) is 2.49. The number of aliphatic hydroxyl groups is 1. The molecule has 4 aliphatic rings. The quantitative estimate of drug-likeness (QED) is 0.275. The van der Waals surface area contributed by atoms with Crippen molar-refractivity contribution in [2.45, 2.75) is 56.8 Å². The molecule has 11 heteroatoms. The number of aliphatic hydroxyl groups excluding tert-OH is 1. The third kappa shape index (κ3) is 6.10. The van der Waals surface area contributed by atoms with Gasteiger partial charge in [-0.15, -0.1) is 13.2 Å². The Morgan fingerprint density at radius 2 is 1.78 bits per heavy atom. The molecule has 5 rings (SSSR count). The number of ether oxygens (including phenoxy) is 3. The van der Waals surface area contributed by atoms with Gasteiger partial charge in [0.05, 0.1) is 37.3 Å². The van der Waals surface area contributed by atoms with Crippen molar-refractivity contribution in [2.75, 3.05) is 77.1 Å². The van der Waals surface area contributed by atoms with E-state index in [1.807, 2.05) is 38.1 Å². The van der Waals surface area contributed by atoms with Crippen LogP contribution in [0.2, 0.25) is 0 Å². The molecule has 1 aromatic rings. The topological polar surface area (TPSA) is 112 Å². The fourth-order valence-electron chi connectivity index (χ4n) is 8.07. The highest BCUT2D eigenvalue weighted by molar-refractivity contribution is 6.03. The Morgan fingerprint density at radius 3 is 2.41 bits per heavy atom. The smallest absolute Gasteiger partial charge is 0.248 e. The van der Waals surface area contributed by atoms with Crippen LogP contribution in [0.4, 0.5) is 5.69 Å². The van der Waals surface area contributed by atoms with Gasteiger partial charge in [0.2, 0.25) is 17.7 Å². The Labute approximate surface area is 272 Å². The average molecular weight is 639 g/mol. The van der Waals surface area contributed by atoms with Crippen molar-refractivity contribution in [3.8, 4) is 5.75 Å². The Morgan fingerprint density at radius 1 is 1.07 bits per heavy atom. The van der Waals surface area contributed by atoms with Gasteiger partial charge in [-0.3, -0.25) is 19.3 Å². The van der Waals surface area contributed by atoms with Crippen LogP contribution in [0, 0.1) is 11.8 Å². The van der Waals surface area contributed by atoms with Gasteiger partial charge in [0.15, 0.2) is 0 Å². The number of hydrogen-bond donors (Lipinski definition) is 1. The van der Waals surface area contributed by atoms with E-state index in [0.29, 0.717) is 76.6 Å². The van der Waals surface area contributed by atoms with Crippen LogP contribution in [-0.4, -0.2) is 127 Å². The van der Waals surface area contributed by atoms with E-state index in [4.69, 9.17) is 14.2 Å². The van der Waals surface area contributed by atoms with E-state index >= 15 is 0 Å². The summed E-state index contributed by atoms with van der Waals surface area (Å²) >= 11 is 0. The molecule has 0 saturated carbocycles. The van der Waals surface area contributed by atoms with Crippen molar-refractivity contribution in [3.05, 3.63) is 49.6 Å². The number of anilines is 1. The van der Waals surface area contributed by atoms with Gasteiger partial charge >= 0.3 is 0 Å². The zero-order valence-corrected chi connectivity index (χ0v) is 27.4. The van der Waals surface area contributed by atoms with Crippen LogP contribution in [-0.2, 0) is 23.9 Å². The molecule has 0 aromatic heterocycles. The molecule has 1 aromatic carbocycles. The monoisotopic (exact) mass is 638 g/mol. The predicted molar refractivity (Wildman–Crippen MR) is 174 cm³/mol. The van der Waals surface area contributed by atoms with Crippen LogP contribution in [0.3, 0.4) is 0 Å². The summed E-state index contributed by atoms with van der Waals surface area (Å²) < 4.78 is 18.1. The van der Waals surface area contributed by atoms with Crippen LogP contribution >= 0.6 is 0 Å². The zero-order chi connectivity index (χ0) is 32.9. The van der Waals surface area contributed by atoms with Gasteiger partial charge in [-0.2, -0.15) is 0 Å². The lowest BCUT2D eigenvalue weighted by Crippen LogP contribution is -2.57. The molecule has 5 atom stereocenters. The summed E-state index contributed by atoms with van der Waals surface area (Å²) in [5.41, 5.74) is -1.34. The van der Waals surface area contributed by atoms with Gasteiger partial charge in [-0.1, -0.05) is 19.1 Å². The normalized spacial score (nSPS) is 28.6. The van der Waals surface area contributed by atoms with Crippen LogP contribution in [0.5, 0.6) is 5.75 Å². The Kier molecular flexibility index (Phi) is 10.9. The van der Waals surface area contributed by atoms with Gasteiger partial charge in [-0.25, -0.2) is 0 Å². The molecule has 4 heterocycles. The number of nitrogens with zero attached hydrogens (tertiary/aromatic N) is 4. The van der Waals surface area contributed by atoms with E-state index in [1.165, 1.54) is 0 Å². The number of morpholine rings is 1. The molecule has 4 aliphatic heterocycles. The summed E-state index contributed by atoms with van der Waals surface area (Å²) in [6.07, 6.45) is 5.31. The maximum Gasteiger partial charge on any atom is 0.248 e. The van der Waals surface area contributed by atoms with E-state index in [-0.39, 0.29) is 37.4 Å². The third-order valence-corrected chi connectivity index (χ3v) is 10.2. The Balaban J connectivity index is 1.50. The van der Waals surface area contributed by atoms with Crippen molar-refractivity contribution in [2.24, 2.45) is 11.8 Å². The summed E-state index contributed by atoms with van der Waals surface area (Å²) in [6, 6.07) is 6.44. The van der Waals surface area contributed by atoms with Crippen molar-refractivity contribution in [1.82, 2.24) is 14.7 Å². The number of carbonyl (C=O) groups is 3. The second kappa shape index (κ2) is 14.7. The molecule has 11 nitrogen and oxygen atoms in total. The minimum atomic E-state index is -1.14. The number of fused-ring (bicyclic) bond motifs is 1. The van der Waals surface area contributed by atoms with Gasteiger partial charge in [0, 0.05) is 58.1 Å². The lowest BCUT2D eigenvalue weighted by molar-refractivity contribution is -0.152. The maximum absolute atomic E-state index is 14.7. The lowest BCUT2D eigenvalue weighted by atomic mass is 9.64. The number of likely N-dealkylation sites (tertiary alicyclic amines) is 1. The molecule has 252 valence electrons. The number of hydrogen-bond acceptors (Lipinski definition) is 8. The summed E-state index contributed by atoms with van der Waals surface area (Å²) in [4.78, 5) is 51.2. The Hall–Kier alpha value is -3.25. The average Bonchev–Trinajstić information content (AvgIpc) is 3.68. The fourth-order valence-corrected chi connectivity index (χ4v) is 8.07. The van der Waals surface area contributed by atoms with E-state index in [0.717, 1.165) is 13.1 Å². The first-order chi connectivity index (χ1) is 22.3. The van der Waals surface area contributed by atoms with Crippen molar-refractivity contribution in [3.63, 3.8) is 0 Å². The summed E-state index contributed by atoms with van der Waals surface area (Å²) in [5, 5.41) is 9.75. The Bertz CT molecular complexity index is 1270. The first-order valence-corrected chi connectivity index (χ1v) is 16.8. The lowest BCUT2D eigenvalue weighted by Gasteiger charge is -2.37. The molecule has 2 bridgehead atoms. The third-order valence-electron chi connectivity index (χ3n) is 10.2. The zero-order valence-electron chi connectivity index (χ0n) is 27.4. The first kappa shape index (κ1) is 34.1. The highest BCUT2D eigenvalue weighted by Gasteiger charge is 2.79. The summed E-state index contributed by atoms with van der Waals surface area (Å²) in [7, 11) is 0. The molecule has 2 unspecified atom stereocenters. The van der Waals surface area contributed by atoms with Crippen LogP contribution in [0.15, 0.2) is 49.6 Å². The molecule has 0 aliphatic carbocycles. The fraction of sp³-hybridized carbons (Fsp3) is 0.629. The summed E-state index contributed by atoms with van der Waals surface area (Å²) in [5.74, 6) is -1.55. The van der Waals surface area contributed by atoms with Gasteiger partial charge in [0.25, 0.3) is 0 Å². The van der Waals surface area contributed by atoms with E-state index in [1.54, 1.807) is 26.9 Å². The highest BCUT2D eigenvalue weighted by Crippen LogP contribution is 2.64. The van der Waals surface area contributed by atoms with Crippen molar-refractivity contribution >= 4 is 23.4 Å². The molecule has 0 radical (unpaired) electrons. The molecule has 46 heavy (non-hydrogen) atoms.